The molecule has 1 saturated heterocycles. The highest BCUT2D eigenvalue weighted by atomic mass is 79.9. The molecular weight excluding hydrogens is 302 g/mol. The van der Waals surface area contributed by atoms with Gasteiger partial charge in [0.25, 0.3) is 0 Å². The molecule has 0 radical (unpaired) electrons. The Kier molecular flexibility index (Phi) is 6.99. The van der Waals surface area contributed by atoms with Gasteiger partial charge >= 0.3 is 5.97 Å². The molecule has 0 saturated carbocycles. The zero-order valence-corrected chi connectivity index (χ0v) is 10.7. The van der Waals surface area contributed by atoms with Crippen LogP contribution in [0.5, 0.6) is 0 Å². The number of likely N-dealkylation sites (tertiary alicyclic amines) is 1. The van der Waals surface area contributed by atoms with Gasteiger partial charge in [0.05, 0.1) is 5.92 Å². The summed E-state index contributed by atoms with van der Waals surface area (Å²) in [6, 6.07) is 0. The first-order valence-electron chi connectivity index (χ1n) is 4.25. The minimum atomic E-state index is -0.644. The van der Waals surface area contributed by atoms with Gasteiger partial charge in [0.2, 0.25) is 0 Å². The number of hydrogen-bond acceptors (Lipinski definition) is 2. The molecule has 0 amide bonds. The molecule has 3 nitrogen and oxygen atoms in total. The zero-order valence-electron chi connectivity index (χ0n) is 7.41. The number of carbonyl (C=O) groups is 1. The lowest BCUT2D eigenvalue weighted by Crippen LogP contribution is -2.39. The Hall–Kier alpha value is 0.390. The van der Waals surface area contributed by atoms with Crippen molar-refractivity contribution in [3.8, 4) is 0 Å². The fraction of sp³-hybridized carbons (Fsp3) is 0.875. The van der Waals surface area contributed by atoms with E-state index in [1.807, 2.05) is 0 Å². The third-order valence-corrected chi connectivity index (χ3v) is 2.61. The quantitative estimate of drug-likeness (QED) is 0.807. The predicted octanol–water partition coefficient (Wildman–Crippen LogP) is 1.76. The number of hydrogen-bond donors (Lipinski definition) is 1. The lowest BCUT2D eigenvalue weighted by molar-refractivity contribution is -0.143. The van der Waals surface area contributed by atoms with Gasteiger partial charge in [-0.3, -0.25) is 4.79 Å². The van der Waals surface area contributed by atoms with Crippen LogP contribution in [0.4, 0.5) is 0 Å². The Balaban J connectivity index is 0.00000144. The van der Waals surface area contributed by atoms with E-state index in [2.05, 4.69) is 20.8 Å². The Morgan fingerprint density at radius 1 is 1.62 bits per heavy atom. The number of alkyl halides is 1. The number of halogens is 2. The Labute approximate surface area is 97.4 Å². The SMILES string of the molecule is Br.O=C(O)[C@@H]1CCCN(CCBr)C1. The molecule has 1 atom stereocenters. The van der Waals surface area contributed by atoms with Crippen LogP contribution < -0.4 is 0 Å². The lowest BCUT2D eigenvalue weighted by atomic mass is 9.98. The molecule has 0 aromatic carbocycles. The molecule has 1 N–H and O–H groups in total. The van der Waals surface area contributed by atoms with Crippen LogP contribution in [0.2, 0.25) is 0 Å². The van der Waals surface area contributed by atoms with E-state index in [-0.39, 0.29) is 22.9 Å². The molecule has 0 spiro atoms. The van der Waals surface area contributed by atoms with Gasteiger partial charge in [-0.15, -0.1) is 17.0 Å². The Morgan fingerprint density at radius 3 is 2.85 bits per heavy atom. The number of piperidine rings is 1. The Bertz CT molecular complexity index is 164. The van der Waals surface area contributed by atoms with Crippen molar-refractivity contribution in [3.05, 3.63) is 0 Å². The fourth-order valence-electron chi connectivity index (χ4n) is 1.58. The molecule has 13 heavy (non-hydrogen) atoms. The van der Waals surface area contributed by atoms with Gasteiger partial charge in [0.15, 0.2) is 0 Å². The second kappa shape index (κ2) is 6.79. The average molecular weight is 317 g/mol. The number of rotatable bonds is 3. The van der Waals surface area contributed by atoms with Gasteiger partial charge in [0, 0.05) is 18.4 Å². The third kappa shape index (κ3) is 4.42. The fourth-order valence-corrected chi connectivity index (χ4v) is 2.08. The second-order valence-corrected chi connectivity index (χ2v) is 3.96. The van der Waals surface area contributed by atoms with Gasteiger partial charge < -0.3 is 10.0 Å². The summed E-state index contributed by atoms with van der Waals surface area (Å²) in [6.45, 7) is 2.74. The van der Waals surface area contributed by atoms with Crippen LogP contribution in [0, 0.1) is 5.92 Å². The first-order valence-corrected chi connectivity index (χ1v) is 5.37. The molecule has 1 aliphatic heterocycles. The molecule has 0 aliphatic carbocycles. The maximum Gasteiger partial charge on any atom is 0.307 e. The summed E-state index contributed by atoms with van der Waals surface area (Å²) < 4.78 is 0. The average Bonchev–Trinajstić information content (AvgIpc) is 2.05. The molecule has 78 valence electrons. The van der Waals surface area contributed by atoms with Gasteiger partial charge in [0.1, 0.15) is 0 Å². The van der Waals surface area contributed by atoms with E-state index in [0.717, 1.165) is 37.8 Å². The number of carboxylic acid groups (broad SMARTS) is 1. The Morgan fingerprint density at radius 2 is 2.31 bits per heavy atom. The maximum atomic E-state index is 10.7. The van der Waals surface area contributed by atoms with Crippen LogP contribution in [-0.2, 0) is 4.79 Å². The van der Waals surface area contributed by atoms with Gasteiger partial charge in [-0.1, -0.05) is 15.9 Å². The van der Waals surface area contributed by atoms with Crippen LogP contribution >= 0.6 is 32.9 Å². The van der Waals surface area contributed by atoms with Gasteiger partial charge in [-0.25, -0.2) is 0 Å². The first kappa shape index (κ1) is 13.4. The number of nitrogens with zero attached hydrogens (tertiary/aromatic N) is 1. The molecule has 1 heterocycles. The molecule has 5 heteroatoms. The molecule has 1 fully saturated rings. The summed E-state index contributed by atoms with van der Waals surface area (Å²) in [6.07, 6.45) is 1.86. The summed E-state index contributed by atoms with van der Waals surface area (Å²) >= 11 is 3.35. The van der Waals surface area contributed by atoms with E-state index in [0.29, 0.717) is 0 Å². The standard InChI is InChI=1S/C8H14BrNO2.BrH/c9-3-5-10-4-1-2-7(6-10)8(11)12;/h7H,1-6H2,(H,11,12);1H/t7-;/m1./s1. The van der Waals surface area contributed by atoms with Crippen LogP contribution in [0.3, 0.4) is 0 Å². The number of aliphatic carboxylic acids is 1. The summed E-state index contributed by atoms with van der Waals surface area (Å²) in [5, 5.41) is 9.72. The van der Waals surface area contributed by atoms with Gasteiger partial charge in [-0.2, -0.15) is 0 Å². The van der Waals surface area contributed by atoms with Crippen molar-refractivity contribution in [1.29, 1.82) is 0 Å². The summed E-state index contributed by atoms with van der Waals surface area (Å²) in [5.74, 6) is -0.785. The van der Waals surface area contributed by atoms with Crippen LogP contribution in [-0.4, -0.2) is 40.9 Å². The van der Waals surface area contributed by atoms with Crippen molar-refractivity contribution in [2.24, 2.45) is 5.92 Å². The summed E-state index contributed by atoms with van der Waals surface area (Å²) in [4.78, 5) is 12.9. The van der Waals surface area contributed by atoms with E-state index < -0.39 is 5.97 Å². The van der Waals surface area contributed by atoms with E-state index in [1.54, 1.807) is 0 Å². The monoisotopic (exact) mass is 315 g/mol. The summed E-state index contributed by atoms with van der Waals surface area (Å²) in [7, 11) is 0. The van der Waals surface area contributed by atoms with Crippen LogP contribution in [0.1, 0.15) is 12.8 Å². The van der Waals surface area contributed by atoms with E-state index >= 15 is 0 Å². The molecule has 0 bridgehead atoms. The summed E-state index contributed by atoms with van der Waals surface area (Å²) in [5.41, 5.74) is 0. The van der Waals surface area contributed by atoms with Crippen LogP contribution in [0.15, 0.2) is 0 Å². The van der Waals surface area contributed by atoms with Crippen molar-refractivity contribution < 1.29 is 9.90 Å². The number of carboxylic acids is 1. The van der Waals surface area contributed by atoms with E-state index in [1.165, 1.54) is 0 Å². The van der Waals surface area contributed by atoms with Crippen molar-refractivity contribution in [2.75, 3.05) is 25.0 Å². The molecule has 0 aromatic rings. The molecule has 0 unspecified atom stereocenters. The minimum absolute atomic E-state index is 0. The van der Waals surface area contributed by atoms with Crippen molar-refractivity contribution in [3.63, 3.8) is 0 Å². The lowest BCUT2D eigenvalue weighted by Gasteiger charge is -2.29. The normalized spacial score (nSPS) is 23.6. The van der Waals surface area contributed by atoms with Gasteiger partial charge in [-0.05, 0) is 19.4 Å². The molecule has 1 aliphatic rings. The minimum Gasteiger partial charge on any atom is -0.481 e. The zero-order chi connectivity index (χ0) is 8.97. The molecule has 1 rings (SSSR count). The van der Waals surface area contributed by atoms with Crippen molar-refractivity contribution >= 4 is 38.9 Å². The topological polar surface area (TPSA) is 40.5 Å². The van der Waals surface area contributed by atoms with Crippen LogP contribution in [0.25, 0.3) is 0 Å². The van der Waals surface area contributed by atoms with Crippen molar-refractivity contribution in [1.82, 2.24) is 4.90 Å². The second-order valence-electron chi connectivity index (χ2n) is 3.17. The van der Waals surface area contributed by atoms with E-state index in [9.17, 15) is 4.79 Å². The highest BCUT2D eigenvalue weighted by Gasteiger charge is 2.24. The maximum absolute atomic E-state index is 10.7. The molecular formula is C8H15Br2NO2. The third-order valence-electron chi connectivity index (χ3n) is 2.26. The smallest absolute Gasteiger partial charge is 0.307 e. The van der Waals surface area contributed by atoms with E-state index in [4.69, 9.17) is 5.11 Å². The van der Waals surface area contributed by atoms with Crippen molar-refractivity contribution in [2.45, 2.75) is 12.8 Å². The highest BCUT2D eigenvalue weighted by molar-refractivity contribution is 9.09. The molecule has 0 aromatic heterocycles. The predicted molar refractivity (Wildman–Crippen MR) is 60.9 cm³/mol. The first-order chi connectivity index (χ1) is 5.74. The largest absolute Gasteiger partial charge is 0.481 e. The highest BCUT2D eigenvalue weighted by Crippen LogP contribution is 2.16.